The molecule has 0 aliphatic carbocycles. The summed E-state index contributed by atoms with van der Waals surface area (Å²) >= 11 is 1.49. The van der Waals surface area contributed by atoms with Crippen LogP contribution in [0, 0.1) is 6.92 Å². The maximum atomic E-state index is 12.8. The zero-order chi connectivity index (χ0) is 16.9. The molecular weight excluding hydrogens is 324 g/mol. The number of hydrogen-bond acceptors (Lipinski definition) is 5. The molecule has 0 aliphatic rings. The first-order chi connectivity index (χ1) is 11.7. The van der Waals surface area contributed by atoms with E-state index < -0.39 is 0 Å². The third kappa shape index (κ3) is 3.72. The van der Waals surface area contributed by atoms with Crippen molar-refractivity contribution >= 4 is 17.2 Å². The van der Waals surface area contributed by atoms with Crippen LogP contribution in [0.25, 0.3) is 11.3 Å². The van der Waals surface area contributed by atoms with Crippen molar-refractivity contribution in [1.29, 1.82) is 0 Å². The van der Waals surface area contributed by atoms with E-state index in [0.717, 1.165) is 22.1 Å². The molecule has 1 aromatic carbocycles. The van der Waals surface area contributed by atoms with Crippen LogP contribution in [-0.4, -0.2) is 34.0 Å². The van der Waals surface area contributed by atoms with Gasteiger partial charge in [-0.05, 0) is 31.2 Å². The molecule has 3 aromatic rings. The van der Waals surface area contributed by atoms with Crippen LogP contribution in [0.5, 0.6) is 0 Å². The van der Waals surface area contributed by atoms with E-state index in [9.17, 15) is 9.90 Å². The van der Waals surface area contributed by atoms with Crippen LogP contribution in [0.2, 0.25) is 0 Å². The van der Waals surface area contributed by atoms with Crippen molar-refractivity contribution in [2.24, 2.45) is 0 Å². The first kappa shape index (κ1) is 16.4. The molecular formula is C18H18N2O3S. The molecule has 124 valence electrons. The first-order valence-electron chi connectivity index (χ1n) is 7.63. The van der Waals surface area contributed by atoms with Crippen molar-refractivity contribution in [2.75, 3.05) is 13.2 Å². The molecule has 2 aromatic heterocycles. The minimum atomic E-state index is -0.135. The minimum absolute atomic E-state index is 0.0891. The fourth-order valence-electron chi connectivity index (χ4n) is 2.45. The fourth-order valence-corrected chi connectivity index (χ4v) is 3.08. The van der Waals surface area contributed by atoms with E-state index >= 15 is 0 Å². The number of furan rings is 1. The molecule has 1 N–H and O–H groups in total. The molecule has 5 nitrogen and oxygen atoms in total. The number of hydrogen-bond donors (Lipinski definition) is 1. The highest BCUT2D eigenvalue weighted by Crippen LogP contribution is 2.23. The summed E-state index contributed by atoms with van der Waals surface area (Å²) in [6, 6.07) is 11.1. The van der Waals surface area contributed by atoms with Gasteiger partial charge in [0.1, 0.15) is 16.5 Å². The van der Waals surface area contributed by atoms with Crippen LogP contribution in [-0.2, 0) is 6.54 Å². The Morgan fingerprint density at radius 3 is 2.88 bits per heavy atom. The van der Waals surface area contributed by atoms with Crippen molar-refractivity contribution < 1.29 is 14.3 Å². The molecule has 2 heterocycles. The Morgan fingerprint density at radius 2 is 2.21 bits per heavy atom. The summed E-state index contributed by atoms with van der Waals surface area (Å²) in [6.07, 6.45) is 1.71. The number of nitrogens with zero attached hydrogens (tertiary/aromatic N) is 2. The van der Waals surface area contributed by atoms with Gasteiger partial charge < -0.3 is 14.4 Å². The lowest BCUT2D eigenvalue weighted by molar-refractivity contribution is 0.0707. The maximum absolute atomic E-state index is 12.8. The second kappa shape index (κ2) is 7.42. The van der Waals surface area contributed by atoms with Crippen LogP contribution < -0.4 is 0 Å². The smallest absolute Gasteiger partial charge is 0.254 e. The summed E-state index contributed by atoms with van der Waals surface area (Å²) in [5.74, 6) is 1.42. The SMILES string of the molecule is Cc1ccc(-c2cccc(C(=O)N(CCO)Cc3nccs3)c2)o1. The summed E-state index contributed by atoms with van der Waals surface area (Å²) in [6.45, 7) is 2.45. The highest BCUT2D eigenvalue weighted by atomic mass is 32.1. The van der Waals surface area contributed by atoms with Gasteiger partial charge in [0.25, 0.3) is 5.91 Å². The third-order valence-corrected chi connectivity index (χ3v) is 4.37. The normalized spacial score (nSPS) is 10.8. The van der Waals surface area contributed by atoms with E-state index in [1.165, 1.54) is 11.3 Å². The molecule has 0 fully saturated rings. The number of benzene rings is 1. The molecule has 1 amide bonds. The van der Waals surface area contributed by atoms with Gasteiger partial charge in [0.05, 0.1) is 13.2 Å². The van der Waals surface area contributed by atoms with Gasteiger partial charge in [-0.15, -0.1) is 11.3 Å². The zero-order valence-electron chi connectivity index (χ0n) is 13.3. The maximum Gasteiger partial charge on any atom is 0.254 e. The molecule has 0 bridgehead atoms. The molecule has 6 heteroatoms. The number of carbonyl (C=O) groups excluding carboxylic acids is 1. The number of aryl methyl sites for hydroxylation is 1. The van der Waals surface area contributed by atoms with Gasteiger partial charge in [-0.25, -0.2) is 4.98 Å². The van der Waals surface area contributed by atoms with Crippen molar-refractivity contribution in [2.45, 2.75) is 13.5 Å². The van der Waals surface area contributed by atoms with Crippen molar-refractivity contribution in [1.82, 2.24) is 9.88 Å². The summed E-state index contributed by atoms with van der Waals surface area (Å²) in [4.78, 5) is 18.6. The standard InChI is InChI=1S/C18H18N2O3S/c1-13-5-6-16(23-13)14-3-2-4-15(11-14)18(22)20(8-9-21)12-17-19-7-10-24-17/h2-7,10-11,21H,8-9,12H2,1H3. The Kier molecular flexibility index (Phi) is 5.08. The molecule has 3 rings (SSSR count). The largest absolute Gasteiger partial charge is 0.461 e. The molecule has 0 unspecified atom stereocenters. The Hall–Kier alpha value is -2.44. The summed E-state index contributed by atoms with van der Waals surface area (Å²) in [5.41, 5.74) is 1.42. The first-order valence-corrected chi connectivity index (χ1v) is 8.50. The molecule has 0 saturated heterocycles. The highest BCUT2D eigenvalue weighted by molar-refractivity contribution is 7.09. The number of rotatable bonds is 6. The Balaban J connectivity index is 1.84. The molecule has 0 saturated carbocycles. The average molecular weight is 342 g/mol. The predicted molar refractivity (Wildman–Crippen MR) is 92.8 cm³/mol. The summed E-state index contributed by atoms with van der Waals surface area (Å²) in [7, 11) is 0. The second-order valence-corrected chi connectivity index (χ2v) is 6.35. The molecule has 0 radical (unpaired) electrons. The van der Waals surface area contributed by atoms with Crippen LogP contribution in [0.1, 0.15) is 21.1 Å². The number of thiazole rings is 1. The van der Waals surface area contributed by atoms with Gasteiger partial charge in [0, 0.05) is 29.2 Å². The van der Waals surface area contributed by atoms with Gasteiger partial charge in [0.2, 0.25) is 0 Å². The van der Waals surface area contributed by atoms with Crippen LogP contribution >= 0.6 is 11.3 Å². The predicted octanol–water partition coefficient (Wildman–Crippen LogP) is 3.35. The van der Waals surface area contributed by atoms with E-state index in [1.807, 2.05) is 42.6 Å². The molecule has 24 heavy (non-hydrogen) atoms. The number of aliphatic hydroxyl groups is 1. The highest BCUT2D eigenvalue weighted by Gasteiger charge is 2.17. The Labute approximate surface area is 144 Å². The van der Waals surface area contributed by atoms with Crippen LogP contribution in [0.3, 0.4) is 0 Å². The van der Waals surface area contributed by atoms with Crippen molar-refractivity contribution in [3.63, 3.8) is 0 Å². The lowest BCUT2D eigenvalue weighted by Gasteiger charge is -2.20. The molecule has 0 atom stereocenters. The van der Waals surface area contributed by atoms with Crippen molar-refractivity contribution in [3.05, 3.63) is 64.3 Å². The topological polar surface area (TPSA) is 66.6 Å². The monoisotopic (exact) mass is 342 g/mol. The van der Waals surface area contributed by atoms with Gasteiger partial charge in [0.15, 0.2) is 0 Å². The molecule has 0 spiro atoms. The van der Waals surface area contributed by atoms with E-state index in [4.69, 9.17) is 4.42 Å². The lowest BCUT2D eigenvalue weighted by atomic mass is 10.1. The van der Waals surface area contributed by atoms with Gasteiger partial charge in [-0.2, -0.15) is 0 Å². The Morgan fingerprint density at radius 1 is 1.33 bits per heavy atom. The minimum Gasteiger partial charge on any atom is -0.461 e. The quantitative estimate of drug-likeness (QED) is 0.746. The number of aromatic nitrogens is 1. The van der Waals surface area contributed by atoms with Crippen LogP contribution in [0.4, 0.5) is 0 Å². The van der Waals surface area contributed by atoms with Gasteiger partial charge in [-0.3, -0.25) is 4.79 Å². The van der Waals surface area contributed by atoms with E-state index in [-0.39, 0.29) is 19.1 Å². The van der Waals surface area contributed by atoms with Gasteiger partial charge in [-0.1, -0.05) is 12.1 Å². The number of amides is 1. The summed E-state index contributed by atoms with van der Waals surface area (Å²) < 4.78 is 5.62. The van der Waals surface area contributed by atoms with Crippen molar-refractivity contribution in [3.8, 4) is 11.3 Å². The van der Waals surface area contributed by atoms with Crippen LogP contribution in [0.15, 0.2) is 52.4 Å². The van der Waals surface area contributed by atoms with E-state index in [1.54, 1.807) is 17.2 Å². The average Bonchev–Trinajstić information content (AvgIpc) is 3.25. The summed E-state index contributed by atoms with van der Waals surface area (Å²) in [5, 5.41) is 12.0. The molecule has 0 aliphatic heterocycles. The van der Waals surface area contributed by atoms with E-state index in [2.05, 4.69) is 4.98 Å². The third-order valence-electron chi connectivity index (χ3n) is 3.60. The second-order valence-electron chi connectivity index (χ2n) is 5.37. The number of carbonyl (C=O) groups is 1. The zero-order valence-corrected chi connectivity index (χ0v) is 14.1. The van der Waals surface area contributed by atoms with E-state index in [0.29, 0.717) is 12.1 Å². The Bertz CT molecular complexity index is 811. The number of aliphatic hydroxyl groups excluding tert-OH is 1. The van der Waals surface area contributed by atoms with Gasteiger partial charge >= 0.3 is 0 Å². The fraction of sp³-hybridized carbons (Fsp3) is 0.222. The lowest BCUT2D eigenvalue weighted by Crippen LogP contribution is -2.33.